The van der Waals surface area contributed by atoms with Crippen molar-refractivity contribution >= 4 is 61.1 Å². The van der Waals surface area contributed by atoms with E-state index in [1.807, 2.05) is 6.07 Å². The van der Waals surface area contributed by atoms with E-state index in [9.17, 15) is 0 Å². The van der Waals surface area contributed by atoms with Crippen molar-refractivity contribution in [1.29, 1.82) is 0 Å². The van der Waals surface area contributed by atoms with Crippen molar-refractivity contribution in [3.63, 3.8) is 0 Å². The lowest BCUT2D eigenvalue weighted by Gasteiger charge is -2.35. The maximum absolute atomic E-state index is 6.58. The van der Waals surface area contributed by atoms with E-state index in [2.05, 4.69) is 206 Å². The molecule has 1 atom stereocenters. The van der Waals surface area contributed by atoms with Gasteiger partial charge in [0.1, 0.15) is 11.5 Å². The summed E-state index contributed by atoms with van der Waals surface area (Å²) in [7, 11) is 0. The fraction of sp³-hybridized carbons (Fsp3) is 0.0364. The van der Waals surface area contributed by atoms with Gasteiger partial charge in [-0.15, -0.1) is 0 Å². The summed E-state index contributed by atoms with van der Waals surface area (Å²) in [5.41, 5.74) is 10.9. The average molecular weight is 773 g/mol. The van der Waals surface area contributed by atoms with E-state index < -0.39 is 5.41 Å². The van der Waals surface area contributed by atoms with Gasteiger partial charge in [-0.05, 0) is 116 Å². The first kappa shape index (κ1) is 33.9. The van der Waals surface area contributed by atoms with Crippen molar-refractivity contribution in [2.75, 3.05) is 4.90 Å². The monoisotopic (exact) mass is 772 g/mol. The van der Waals surface area contributed by atoms with E-state index in [-0.39, 0.29) is 0 Å². The summed E-state index contributed by atoms with van der Waals surface area (Å²) >= 11 is 1.80. The van der Waals surface area contributed by atoms with Crippen LogP contribution in [0.3, 0.4) is 0 Å². The molecule has 0 saturated heterocycles. The van der Waals surface area contributed by atoms with E-state index in [1.165, 1.54) is 60.1 Å². The summed E-state index contributed by atoms with van der Waals surface area (Å²) in [4.78, 5) is 9.63. The minimum Gasteiger partial charge on any atom is -0.455 e. The lowest BCUT2D eigenvalue weighted by molar-refractivity contribution is 0.454. The third kappa shape index (κ3) is 5.13. The first-order chi connectivity index (χ1) is 29.1. The van der Waals surface area contributed by atoms with Gasteiger partial charge in [-0.3, -0.25) is 4.98 Å². The molecule has 2 aliphatic rings. The molecule has 0 N–H and O–H groups in total. The van der Waals surface area contributed by atoms with Gasteiger partial charge in [0, 0.05) is 34.2 Å². The molecule has 1 aliphatic carbocycles. The van der Waals surface area contributed by atoms with E-state index in [4.69, 9.17) is 9.72 Å². The van der Waals surface area contributed by atoms with E-state index in [0.29, 0.717) is 0 Å². The van der Waals surface area contributed by atoms with Crippen LogP contribution in [0.15, 0.2) is 210 Å². The maximum atomic E-state index is 6.58. The highest BCUT2D eigenvalue weighted by Gasteiger charge is 2.48. The summed E-state index contributed by atoms with van der Waals surface area (Å²) < 4.78 is 6.58. The van der Waals surface area contributed by atoms with E-state index >= 15 is 0 Å². The topological polar surface area (TPSA) is 25.4 Å². The van der Waals surface area contributed by atoms with Crippen molar-refractivity contribution in [3.8, 4) is 22.6 Å². The highest BCUT2D eigenvalue weighted by molar-refractivity contribution is 7.99. The number of pyridine rings is 1. The minimum absolute atomic E-state index is 0.624. The Bertz CT molecular complexity index is 3300. The number of ether oxygens (including phenoxy) is 1. The molecule has 1 unspecified atom stereocenters. The molecule has 2 heterocycles. The van der Waals surface area contributed by atoms with Gasteiger partial charge in [-0.25, -0.2) is 0 Å². The Labute approximate surface area is 347 Å². The van der Waals surface area contributed by atoms with E-state index in [1.54, 1.807) is 11.8 Å². The normalized spacial score (nSPS) is 15.0. The van der Waals surface area contributed by atoms with Crippen molar-refractivity contribution < 1.29 is 4.74 Å². The Morgan fingerprint density at radius 3 is 2.05 bits per heavy atom. The molecule has 0 spiro atoms. The van der Waals surface area contributed by atoms with Gasteiger partial charge < -0.3 is 9.64 Å². The second-order valence-electron chi connectivity index (χ2n) is 15.5. The summed E-state index contributed by atoms with van der Waals surface area (Å²) in [6, 6.07) is 70.7. The summed E-state index contributed by atoms with van der Waals surface area (Å²) in [6.07, 6.45) is 2.08. The Morgan fingerprint density at radius 1 is 0.508 bits per heavy atom. The lowest BCUT2D eigenvalue weighted by Crippen LogP contribution is -2.29. The van der Waals surface area contributed by atoms with Crippen molar-refractivity contribution in [2.24, 2.45) is 0 Å². The molecule has 12 rings (SSSR count). The molecule has 59 heavy (non-hydrogen) atoms. The molecule has 1 aliphatic heterocycles. The quantitative estimate of drug-likeness (QED) is 0.163. The Kier molecular flexibility index (Phi) is 7.60. The molecule has 0 amide bonds. The van der Waals surface area contributed by atoms with Gasteiger partial charge in [0.05, 0.1) is 20.9 Å². The van der Waals surface area contributed by atoms with Gasteiger partial charge in [0.25, 0.3) is 0 Å². The minimum atomic E-state index is -0.624. The van der Waals surface area contributed by atoms with Crippen LogP contribution in [0, 0.1) is 6.92 Å². The SMILES string of the molecule is Cc1ccc(C2(c3ccc(N(c4ccc5ccccc5c4)c4cc5ccccc5c5ccccc45)cc3)c3ccccc3-c3c2ccc2c3Sc3ccccc3O2)cn1. The van der Waals surface area contributed by atoms with Crippen LogP contribution in [0.4, 0.5) is 17.1 Å². The van der Waals surface area contributed by atoms with Crippen LogP contribution in [0.2, 0.25) is 0 Å². The highest BCUT2D eigenvalue weighted by Crippen LogP contribution is 2.62. The number of aromatic nitrogens is 1. The third-order valence-electron chi connectivity index (χ3n) is 12.3. The summed E-state index contributed by atoms with van der Waals surface area (Å²) in [5.74, 6) is 1.79. The summed E-state index contributed by atoms with van der Waals surface area (Å²) in [5, 5.41) is 7.32. The lowest BCUT2D eigenvalue weighted by atomic mass is 9.68. The Morgan fingerprint density at radius 2 is 1.20 bits per heavy atom. The predicted molar refractivity (Wildman–Crippen MR) is 244 cm³/mol. The zero-order chi connectivity index (χ0) is 39.1. The summed E-state index contributed by atoms with van der Waals surface area (Å²) in [6.45, 7) is 2.06. The molecular formula is C55H36N2OS. The van der Waals surface area contributed by atoms with Crippen molar-refractivity contribution in [1.82, 2.24) is 4.98 Å². The van der Waals surface area contributed by atoms with Crippen LogP contribution < -0.4 is 9.64 Å². The standard InChI is InChI=1S/C55H36N2OS/c1-35-22-24-40(34-56-35)55(47-19-9-8-18-46(47)53-48(55)30-31-51-54(53)59-52-21-11-10-20-50(52)58-51)39-25-28-41(29-26-39)57(42-27-23-36-12-2-3-13-37(36)32-42)49-33-38-14-4-5-15-43(38)44-16-6-7-17-45(44)49/h2-34H,1H3. The smallest absolute Gasteiger partial charge is 0.142 e. The average Bonchev–Trinajstić information content (AvgIpc) is 3.60. The molecule has 9 aromatic carbocycles. The second-order valence-corrected chi connectivity index (χ2v) is 16.6. The van der Waals surface area contributed by atoms with Gasteiger partial charge >= 0.3 is 0 Å². The van der Waals surface area contributed by atoms with Gasteiger partial charge in [-0.2, -0.15) is 0 Å². The van der Waals surface area contributed by atoms with Crippen molar-refractivity contribution in [3.05, 3.63) is 228 Å². The molecule has 1 aromatic heterocycles. The number of benzene rings is 9. The predicted octanol–water partition coefficient (Wildman–Crippen LogP) is 14.9. The molecule has 10 aromatic rings. The van der Waals surface area contributed by atoms with Crippen LogP contribution in [0.5, 0.6) is 11.5 Å². The molecule has 0 fully saturated rings. The molecular weight excluding hydrogens is 737 g/mol. The van der Waals surface area contributed by atoms with E-state index in [0.717, 1.165) is 49.6 Å². The second kappa shape index (κ2) is 13.2. The number of nitrogens with zero attached hydrogens (tertiary/aromatic N) is 2. The number of para-hydroxylation sites is 1. The maximum Gasteiger partial charge on any atom is 0.142 e. The number of anilines is 3. The third-order valence-corrected chi connectivity index (χ3v) is 13.5. The molecule has 0 radical (unpaired) electrons. The molecule has 278 valence electrons. The number of hydrogen-bond donors (Lipinski definition) is 0. The van der Waals surface area contributed by atoms with Crippen LogP contribution in [-0.4, -0.2) is 4.98 Å². The molecule has 0 bridgehead atoms. The molecule has 3 nitrogen and oxygen atoms in total. The largest absolute Gasteiger partial charge is 0.455 e. The van der Waals surface area contributed by atoms with Gasteiger partial charge in [0.15, 0.2) is 0 Å². The van der Waals surface area contributed by atoms with Crippen LogP contribution in [0.25, 0.3) is 43.4 Å². The number of rotatable bonds is 5. The van der Waals surface area contributed by atoms with Gasteiger partial charge in [0.2, 0.25) is 0 Å². The Hall–Kier alpha value is -7.14. The number of aryl methyl sites for hydroxylation is 1. The fourth-order valence-electron chi connectivity index (χ4n) is 9.65. The van der Waals surface area contributed by atoms with Crippen LogP contribution in [0.1, 0.15) is 27.9 Å². The number of fused-ring (bicyclic) bond motifs is 10. The number of hydrogen-bond acceptors (Lipinski definition) is 4. The molecule has 4 heteroatoms. The first-order valence-corrected chi connectivity index (χ1v) is 20.9. The molecule has 0 saturated carbocycles. The zero-order valence-electron chi connectivity index (χ0n) is 32.3. The van der Waals surface area contributed by atoms with Crippen LogP contribution in [-0.2, 0) is 5.41 Å². The Balaban J connectivity index is 1.10. The zero-order valence-corrected chi connectivity index (χ0v) is 33.1. The van der Waals surface area contributed by atoms with Gasteiger partial charge in [-0.1, -0.05) is 151 Å². The van der Waals surface area contributed by atoms with Crippen molar-refractivity contribution in [2.45, 2.75) is 22.1 Å². The fourth-order valence-corrected chi connectivity index (χ4v) is 10.8. The first-order valence-electron chi connectivity index (χ1n) is 20.1. The highest BCUT2D eigenvalue weighted by atomic mass is 32.2. The van der Waals surface area contributed by atoms with Crippen LogP contribution >= 0.6 is 11.8 Å².